The molecule has 15 heavy (non-hydrogen) atoms. The summed E-state index contributed by atoms with van der Waals surface area (Å²) in [5, 5.41) is 3.05. The molecule has 1 fully saturated rings. The second-order valence-corrected chi connectivity index (χ2v) is 6.15. The molecule has 1 aliphatic carbocycles. The number of nitrogens with one attached hydrogen (secondary N) is 1. The third-order valence-electron chi connectivity index (χ3n) is 4.33. The molecule has 0 radical (unpaired) electrons. The predicted molar refractivity (Wildman–Crippen MR) is 62.3 cm³/mol. The predicted octanol–water partition coefficient (Wildman–Crippen LogP) is 1.52. The highest BCUT2D eigenvalue weighted by Gasteiger charge is 2.65. The van der Waals surface area contributed by atoms with Crippen molar-refractivity contribution in [3.8, 4) is 0 Å². The zero-order valence-electron chi connectivity index (χ0n) is 10.7. The Balaban J connectivity index is 2.56. The van der Waals surface area contributed by atoms with Crippen molar-refractivity contribution in [1.82, 2.24) is 5.32 Å². The normalized spacial score (nSPS) is 25.1. The van der Waals surface area contributed by atoms with Gasteiger partial charge in [0.25, 0.3) is 0 Å². The average molecular weight is 212 g/mol. The quantitative estimate of drug-likeness (QED) is 0.745. The second kappa shape index (κ2) is 3.48. The summed E-state index contributed by atoms with van der Waals surface area (Å²) >= 11 is 0. The highest BCUT2D eigenvalue weighted by molar-refractivity contribution is 5.82. The minimum Gasteiger partial charge on any atom is -0.351 e. The van der Waals surface area contributed by atoms with E-state index in [4.69, 9.17) is 5.73 Å². The molecule has 0 unspecified atom stereocenters. The Labute approximate surface area is 92.8 Å². The van der Waals surface area contributed by atoms with Crippen LogP contribution < -0.4 is 11.1 Å². The first-order chi connectivity index (χ1) is 6.62. The fourth-order valence-electron chi connectivity index (χ4n) is 2.10. The van der Waals surface area contributed by atoms with Crippen LogP contribution in [-0.4, -0.2) is 18.0 Å². The maximum atomic E-state index is 11.8. The molecule has 0 heterocycles. The van der Waals surface area contributed by atoms with E-state index in [1.807, 2.05) is 13.8 Å². The summed E-state index contributed by atoms with van der Waals surface area (Å²) in [4.78, 5) is 11.8. The number of rotatable bonds is 3. The van der Waals surface area contributed by atoms with Crippen molar-refractivity contribution in [2.75, 3.05) is 0 Å². The summed E-state index contributed by atoms with van der Waals surface area (Å²) < 4.78 is 0. The van der Waals surface area contributed by atoms with Crippen molar-refractivity contribution in [3.05, 3.63) is 0 Å². The van der Waals surface area contributed by atoms with Crippen LogP contribution >= 0.6 is 0 Å². The molecule has 0 aliphatic heterocycles. The molecule has 1 amide bonds. The minimum absolute atomic E-state index is 0.0198. The van der Waals surface area contributed by atoms with E-state index in [1.165, 1.54) is 0 Å². The molecule has 0 saturated heterocycles. The fraction of sp³-hybridized carbons (Fsp3) is 0.917. The van der Waals surface area contributed by atoms with Crippen LogP contribution in [0.2, 0.25) is 0 Å². The fourth-order valence-corrected chi connectivity index (χ4v) is 2.10. The van der Waals surface area contributed by atoms with Gasteiger partial charge in [0.05, 0.1) is 6.04 Å². The third-order valence-corrected chi connectivity index (χ3v) is 4.33. The van der Waals surface area contributed by atoms with E-state index in [9.17, 15) is 4.79 Å². The topological polar surface area (TPSA) is 55.1 Å². The average Bonchev–Trinajstić information content (AvgIpc) is 2.46. The highest BCUT2D eigenvalue weighted by atomic mass is 16.2. The molecule has 1 saturated carbocycles. The zero-order chi connectivity index (χ0) is 12.0. The third kappa shape index (κ3) is 1.89. The molecule has 0 bridgehead atoms. The maximum Gasteiger partial charge on any atom is 0.237 e. The van der Waals surface area contributed by atoms with Crippen LogP contribution in [0.1, 0.15) is 41.5 Å². The largest absolute Gasteiger partial charge is 0.351 e. The lowest BCUT2D eigenvalue weighted by atomic mass is 10.0. The molecule has 3 heteroatoms. The van der Waals surface area contributed by atoms with Gasteiger partial charge in [0.2, 0.25) is 5.91 Å². The van der Waals surface area contributed by atoms with Gasteiger partial charge in [-0.25, -0.2) is 0 Å². The summed E-state index contributed by atoms with van der Waals surface area (Å²) in [6, 6.07) is -0.139. The van der Waals surface area contributed by atoms with Gasteiger partial charge in [-0.15, -0.1) is 0 Å². The zero-order valence-corrected chi connectivity index (χ0v) is 10.7. The van der Waals surface area contributed by atoms with Gasteiger partial charge in [-0.05, 0) is 16.7 Å². The van der Waals surface area contributed by atoms with Crippen LogP contribution in [0.25, 0.3) is 0 Å². The number of amides is 1. The molecule has 1 rings (SSSR count). The van der Waals surface area contributed by atoms with Gasteiger partial charge in [-0.1, -0.05) is 41.5 Å². The number of nitrogens with two attached hydrogens (primary N) is 1. The summed E-state index contributed by atoms with van der Waals surface area (Å²) in [6.45, 7) is 12.6. The molecule has 0 spiro atoms. The second-order valence-electron chi connectivity index (χ2n) is 6.15. The Morgan fingerprint density at radius 2 is 1.60 bits per heavy atom. The first-order valence-corrected chi connectivity index (χ1v) is 5.68. The SMILES string of the molecule is CC(C)[C@H](N)C(=O)NC1C(C)(C)C1(C)C. The van der Waals surface area contributed by atoms with Gasteiger partial charge < -0.3 is 11.1 Å². The Bertz CT molecular complexity index is 255. The first-order valence-electron chi connectivity index (χ1n) is 5.68. The Kier molecular flexibility index (Phi) is 2.90. The minimum atomic E-state index is -0.391. The van der Waals surface area contributed by atoms with Crippen molar-refractivity contribution in [3.63, 3.8) is 0 Å². The Hall–Kier alpha value is -0.570. The monoisotopic (exact) mass is 212 g/mol. The molecule has 1 aliphatic rings. The lowest BCUT2D eigenvalue weighted by molar-refractivity contribution is -0.123. The van der Waals surface area contributed by atoms with Gasteiger partial charge in [0.1, 0.15) is 0 Å². The van der Waals surface area contributed by atoms with Crippen molar-refractivity contribution in [2.24, 2.45) is 22.5 Å². The lowest BCUT2D eigenvalue weighted by Gasteiger charge is -2.16. The van der Waals surface area contributed by atoms with E-state index in [2.05, 4.69) is 33.0 Å². The van der Waals surface area contributed by atoms with Gasteiger partial charge in [0, 0.05) is 6.04 Å². The summed E-state index contributed by atoms with van der Waals surface area (Å²) in [5.74, 6) is 0.170. The van der Waals surface area contributed by atoms with Gasteiger partial charge in [0.15, 0.2) is 0 Å². The molecular weight excluding hydrogens is 188 g/mol. The molecule has 88 valence electrons. The summed E-state index contributed by atoms with van der Waals surface area (Å²) in [5.41, 5.74) is 6.16. The van der Waals surface area contributed by atoms with Gasteiger partial charge in [-0.3, -0.25) is 4.79 Å². The molecule has 3 N–H and O–H groups in total. The van der Waals surface area contributed by atoms with Crippen LogP contribution in [0.15, 0.2) is 0 Å². The van der Waals surface area contributed by atoms with Crippen molar-refractivity contribution >= 4 is 5.91 Å². The standard InChI is InChI=1S/C12H24N2O/c1-7(2)8(13)9(15)14-10-11(3,4)12(10,5)6/h7-8,10H,13H2,1-6H3,(H,14,15)/t8-/m0/s1. The van der Waals surface area contributed by atoms with Crippen LogP contribution in [0.3, 0.4) is 0 Å². The lowest BCUT2D eigenvalue weighted by Crippen LogP contribution is -2.46. The van der Waals surface area contributed by atoms with E-state index in [0.717, 1.165) is 0 Å². The smallest absolute Gasteiger partial charge is 0.237 e. The van der Waals surface area contributed by atoms with E-state index in [-0.39, 0.29) is 28.7 Å². The number of carbonyl (C=O) groups excluding carboxylic acids is 1. The number of carbonyl (C=O) groups is 1. The van der Waals surface area contributed by atoms with Gasteiger partial charge >= 0.3 is 0 Å². The van der Waals surface area contributed by atoms with Crippen LogP contribution in [0, 0.1) is 16.7 Å². The van der Waals surface area contributed by atoms with Crippen molar-refractivity contribution < 1.29 is 4.79 Å². The van der Waals surface area contributed by atoms with Crippen LogP contribution in [0.4, 0.5) is 0 Å². The van der Waals surface area contributed by atoms with Crippen molar-refractivity contribution in [2.45, 2.75) is 53.6 Å². The maximum absolute atomic E-state index is 11.8. The van der Waals surface area contributed by atoms with E-state index in [1.54, 1.807) is 0 Å². The highest BCUT2D eigenvalue weighted by Crippen LogP contribution is 2.62. The van der Waals surface area contributed by atoms with Crippen LogP contribution in [0.5, 0.6) is 0 Å². The molecule has 1 atom stereocenters. The Morgan fingerprint density at radius 3 is 1.87 bits per heavy atom. The first kappa shape index (κ1) is 12.5. The molecular formula is C12H24N2O. The van der Waals surface area contributed by atoms with E-state index < -0.39 is 6.04 Å². The van der Waals surface area contributed by atoms with Gasteiger partial charge in [-0.2, -0.15) is 0 Å². The van der Waals surface area contributed by atoms with E-state index in [0.29, 0.717) is 0 Å². The molecule has 0 aromatic heterocycles. The number of hydrogen-bond donors (Lipinski definition) is 2. The van der Waals surface area contributed by atoms with E-state index >= 15 is 0 Å². The Morgan fingerprint density at radius 1 is 1.20 bits per heavy atom. The molecule has 0 aromatic carbocycles. The van der Waals surface area contributed by atoms with Crippen LogP contribution in [-0.2, 0) is 4.79 Å². The summed E-state index contributed by atoms with van der Waals surface area (Å²) in [6.07, 6.45) is 0. The number of hydrogen-bond acceptors (Lipinski definition) is 2. The van der Waals surface area contributed by atoms with Crippen molar-refractivity contribution in [1.29, 1.82) is 0 Å². The summed E-state index contributed by atoms with van der Waals surface area (Å²) in [7, 11) is 0. The molecule has 0 aromatic rings. The molecule has 3 nitrogen and oxygen atoms in total.